The Bertz CT molecular complexity index is 513. The molecule has 2 heterocycles. The highest BCUT2D eigenvalue weighted by molar-refractivity contribution is 7.07. The van der Waals surface area contributed by atoms with Crippen molar-refractivity contribution in [2.24, 2.45) is 0 Å². The second kappa shape index (κ2) is 6.52. The number of nitrogens with zero attached hydrogens (tertiary/aromatic N) is 2. The lowest BCUT2D eigenvalue weighted by Crippen LogP contribution is -2.35. The zero-order valence-electron chi connectivity index (χ0n) is 12.6. The van der Waals surface area contributed by atoms with Crippen molar-refractivity contribution in [3.63, 3.8) is 0 Å². The van der Waals surface area contributed by atoms with E-state index in [0.29, 0.717) is 0 Å². The number of rotatable bonds is 6. The van der Waals surface area contributed by atoms with Gasteiger partial charge in [-0.15, -0.1) is 0 Å². The van der Waals surface area contributed by atoms with Gasteiger partial charge in [0.25, 0.3) is 0 Å². The van der Waals surface area contributed by atoms with Crippen LogP contribution in [-0.2, 0) is 19.6 Å². The van der Waals surface area contributed by atoms with Crippen LogP contribution in [0.4, 0.5) is 0 Å². The lowest BCUT2D eigenvalue weighted by Gasteiger charge is -2.19. The van der Waals surface area contributed by atoms with Crippen LogP contribution in [0.2, 0.25) is 0 Å². The molecule has 0 saturated heterocycles. The summed E-state index contributed by atoms with van der Waals surface area (Å²) in [4.78, 5) is 2.23. The minimum absolute atomic E-state index is 0.0921. The SMILES string of the molecule is CN(Cc1ccsc1)Cc1cc(CNC(C)(C)C)no1. The number of hydrogen-bond acceptors (Lipinski definition) is 5. The lowest BCUT2D eigenvalue weighted by molar-refractivity contribution is 0.265. The largest absolute Gasteiger partial charge is 0.360 e. The van der Waals surface area contributed by atoms with E-state index < -0.39 is 0 Å². The molecular formula is C15H23N3OS. The van der Waals surface area contributed by atoms with Crippen molar-refractivity contribution in [1.29, 1.82) is 0 Å². The standard InChI is InChI=1S/C15H23N3OS/c1-15(2,3)16-8-13-7-14(19-17-13)10-18(4)9-12-5-6-20-11-12/h5-7,11,16H,8-10H2,1-4H3. The highest BCUT2D eigenvalue weighted by atomic mass is 32.1. The van der Waals surface area contributed by atoms with Gasteiger partial charge < -0.3 is 9.84 Å². The van der Waals surface area contributed by atoms with Gasteiger partial charge in [0.1, 0.15) is 0 Å². The average Bonchev–Trinajstić information content (AvgIpc) is 2.97. The molecule has 0 saturated carbocycles. The summed E-state index contributed by atoms with van der Waals surface area (Å²) in [5.41, 5.74) is 2.39. The molecule has 2 rings (SSSR count). The molecule has 20 heavy (non-hydrogen) atoms. The summed E-state index contributed by atoms with van der Waals surface area (Å²) in [6.07, 6.45) is 0. The van der Waals surface area contributed by atoms with Crippen LogP contribution in [0.15, 0.2) is 27.4 Å². The molecule has 2 aromatic rings. The normalized spacial score (nSPS) is 12.2. The Morgan fingerprint density at radius 2 is 2.15 bits per heavy atom. The Morgan fingerprint density at radius 3 is 2.80 bits per heavy atom. The number of hydrogen-bond donors (Lipinski definition) is 1. The Morgan fingerprint density at radius 1 is 1.35 bits per heavy atom. The number of nitrogens with one attached hydrogen (secondary N) is 1. The summed E-state index contributed by atoms with van der Waals surface area (Å²) in [5, 5.41) is 11.8. The summed E-state index contributed by atoms with van der Waals surface area (Å²) < 4.78 is 5.39. The van der Waals surface area contributed by atoms with Crippen molar-refractivity contribution in [2.45, 2.75) is 45.9 Å². The first-order valence-electron chi connectivity index (χ1n) is 6.81. The lowest BCUT2D eigenvalue weighted by atomic mass is 10.1. The molecule has 0 atom stereocenters. The predicted octanol–water partition coefficient (Wildman–Crippen LogP) is 3.26. The predicted molar refractivity (Wildman–Crippen MR) is 82.6 cm³/mol. The molecule has 1 N–H and O–H groups in total. The zero-order valence-corrected chi connectivity index (χ0v) is 13.5. The third kappa shape index (κ3) is 5.07. The molecule has 0 amide bonds. The van der Waals surface area contributed by atoms with Gasteiger partial charge in [0.15, 0.2) is 5.76 Å². The van der Waals surface area contributed by atoms with E-state index in [1.165, 1.54) is 5.56 Å². The van der Waals surface area contributed by atoms with Crippen molar-refractivity contribution in [3.05, 3.63) is 39.9 Å². The fraction of sp³-hybridized carbons (Fsp3) is 0.533. The monoisotopic (exact) mass is 293 g/mol. The van der Waals surface area contributed by atoms with Gasteiger partial charge in [0, 0.05) is 24.7 Å². The fourth-order valence-corrected chi connectivity index (χ4v) is 2.55. The minimum atomic E-state index is 0.0921. The van der Waals surface area contributed by atoms with Gasteiger partial charge in [-0.05, 0) is 50.2 Å². The molecule has 0 unspecified atom stereocenters. The van der Waals surface area contributed by atoms with E-state index in [2.05, 4.69) is 60.0 Å². The smallest absolute Gasteiger partial charge is 0.151 e. The second-order valence-electron chi connectivity index (χ2n) is 6.19. The third-order valence-corrected chi connectivity index (χ3v) is 3.60. The Labute approximate surface area is 124 Å². The highest BCUT2D eigenvalue weighted by Crippen LogP contribution is 2.12. The van der Waals surface area contributed by atoms with Crippen molar-refractivity contribution >= 4 is 11.3 Å². The molecule has 0 bridgehead atoms. The van der Waals surface area contributed by atoms with Crippen LogP contribution < -0.4 is 5.32 Å². The zero-order chi connectivity index (χ0) is 14.6. The van der Waals surface area contributed by atoms with E-state index in [1.807, 2.05) is 6.07 Å². The van der Waals surface area contributed by atoms with Gasteiger partial charge in [-0.1, -0.05) is 5.16 Å². The summed E-state index contributed by atoms with van der Waals surface area (Å²) in [6.45, 7) is 8.87. The van der Waals surface area contributed by atoms with Crippen molar-refractivity contribution < 1.29 is 4.52 Å². The summed E-state index contributed by atoms with van der Waals surface area (Å²) >= 11 is 1.73. The fourth-order valence-electron chi connectivity index (χ4n) is 1.89. The maximum atomic E-state index is 5.39. The van der Waals surface area contributed by atoms with Crippen LogP contribution in [0, 0.1) is 0 Å². The molecule has 0 fully saturated rings. The van der Waals surface area contributed by atoms with Gasteiger partial charge in [-0.3, -0.25) is 4.90 Å². The third-order valence-electron chi connectivity index (χ3n) is 2.87. The van der Waals surface area contributed by atoms with Crippen molar-refractivity contribution in [3.8, 4) is 0 Å². The minimum Gasteiger partial charge on any atom is -0.360 e. The van der Waals surface area contributed by atoms with Crippen LogP contribution in [0.25, 0.3) is 0 Å². The van der Waals surface area contributed by atoms with Crippen LogP contribution >= 0.6 is 11.3 Å². The molecule has 5 heteroatoms. The maximum absolute atomic E-state index is 5.39. The van der Waals surface area contributed by atoms with E-state index in [0.717, 1.165) is 31.1 Å². The van der Waals surface area contributed by atoms with Crippen LogP contribution in [0.1, 0.15) is 37.8 Å². The Kier molecular flexibility index (Phi) is 4.96. The maximum Gasteiger partial charge on any atom is 0.151 e. The first kappa shape index (κ1) is 15.2. The molecular weight excluding hydrogens is 270 g/mol. The van der Waals surface area contributed by atoms with E-state index in [9.17, 15) is 0 Å². The first-order valence-corrected chi connectivity index (χ1v) is 7.76. The summed E-state index contributed by atoms with van der Waals surface area (Å²) in [5.74, 6) is 0.911. The number of thiophene rings is 1. The van der Waals surface area contributed by atoms with Crippen molar-refractivity contribution in [1.82, 2.24) is 15.4 Å². The average molecular weight is 293 g/mol. The molecule has 0 aromatic carbocycles. The summed E-state index contributed by atoms with van der Waals surface area (Å²) in [6, 6.07) is 4.18. The van der Waals surface area contributed by atoms with E-state index >= 15 is 0 Å². The van der Waals surface area contributed by atoms with Crippen LogP contribution in [-0.4, -0.2) is 22.6 Å². The van der Waals surface area contributed by atoms with Gasteiger partial charge in [0.05, 0.1) is 12.2 Å². The molecule has 2 aromatic heterocycles. The van der Waals surface area contributed by atoms with Crippen LogP contribution in [0.3, 0.4) is 0 Å². The van der Waals surface area contributed by atoms with Gasteiger partial charge in [0.2, 0.25) is 0 Å². The topological polar surface area (TPSA) is 41.3 Å². The highest BCUT2D eigenvalue weighted by Gasteiger charge is 2.12. The van der Waals surface area contributed by atoms with E-state index in [4.69, 9.17) is 4.52 Å². The molecule has 0 aliphatic carbocycles. The molecule has 0 aliphatic heterocycles. The summed E-state index contributed by atoms with van der Waals surface area (Å²) in [7, 11) is 2.09. The van der Waals surface area contributed by atoms with E-state index in [-0.39, 0.29) is 5.54 Å². The quantitative estimate of drug-likeness (QED) is 0.887. The Balaban J connectivity index is 1.83. The second-order valence-corrected chi connectivity index (χ2v) is 6.97. The van der Waals surface area contributed by atoms with E-state index in [1.54, 1.807) is 11.3 Å². The molecule has 0 spiro atoms. The van der Waals surface area contributed by atoms with Crippen molar-refractivity contribution in [2.75, 3.05) is 7.05 Å². The van der Waals surface area contributed by atoms with Crippen LogP contribution in [0.5, 0.6) is 0 Å². The molecule has 0 aliphatic rings. The van der Waals surface area contributed by atoms with Gasteiger partial charge in [-0.25, -0.2) is 0 Å². The molecule has 110 valence electrons. The Hall–Kier alpha value is -1.17. The van der Waals surface area contributed by atoms with Gasteiger partial charge >= 0.3 is 0 Å². The first-order chi connectivity index (χ1) is 9.42. The van der Waals surface area contributed by atoms with Gasteiger partial charge in [-0.2, -0.15) is 11.3 Å². The number of aromatic nitrogens is 1. The molecule has 4 nitrogen and oxygen atoms in total. The molecule has 0 radical (unpaired) electrons.